The van der Waals surface area contributed by atoms with Crippen molar-refractivity contribution in [2.24, 2.45) is 0 Å². The SMILES string of the molecule is Cc1cc[n+](CC(=O)c2cc(C)n(-c3cccc(C(F)(F)F)c3)c2C)cc1. The standard InChI is InChI=1S/C21H20F3N2O/c1-14-7-9-25(10-8-14)13-20(27)19-11-15(2)26(16(19)3)18-6-4-5-17(12-18)21(22,23)24/h4-12H,13H2,1-3H3/q+1. The van der Waals surface area contributed by atoms with Crippen molar-refractivity contribution in [3.63, 3.8) is 0 Å². The molecule has 0 atom stereocenters. The third-order valence-corrected chi connectivity index (χ3v) is 4.55. The highest BCUT2D eigenvalue weighted by Crippen LogP contribution is 2.31. The van der Waals surface area contributed by atoms with E-state index < -0.39 is 11.7 Å². The highest BCUT2D eigenvalue weighted by atomic mass is 19.4. The molecule has 0 N–H and O–H groups in total. The van der Waals surface area contributed by atoms with Crippen molar-refractivity contribution in [1.82, 2.24) is 4.57 Å². The number of benzene rings is 1. The van der Waals surface area contributed by atoms with Gasteiger partial charge in [-0.2, -0.15) is 17.7 Å². The zero-order chi connectivity index (χ0) is 19.8. The highest BCUT2D eigenvalue weighted by molar-refractivity contribution is 5.96. The van der Waals surface area contributed by atoms with Crippen LogP contribution in [0.25, 0.3) is 5.69 Å². The Hall–Kier alpha value is -2.89. The van der Waals surface area contributed by atoms with Gasteiger partial charge in [0, 0.05) is 34.8 Å². The number of carbonyl (C=O) groups is 1. The molecule has 3 aromatic rings. The van der Waals surface area contributed by atoms with E-state index in [-0.39, 0.29) is 12.3 Å². The summed E-state index contributed by atoms with van der Waals surface area (Å²) in [6.45, 7) is 5.67. The molecular weight excluding hydrogens is 353 g/mol. The molecule has 140 valence electrons. The summed E-state index contributed by atoms with van der Waals surface area (Å²) < 4.78 is 42.5. The van der Waals surface area contributed by atoms with Gasteiger partial charge < -0.3 is 4.57 Å². The van der Waals surface area contributed by atoms with Crippen LogP contribution in [-0.4, -0.2) is 10.4 Å². The minimum atomic E-state index is -4.41. The van der Waals surface area contributed by atoms with Crippen LogP contribution < -0.4 is 4.57 Å². The Morgan fingerprint density at radius 1 is 1.04 bits per heavy atom. The van der Waals surface area contributed by atoms with E-state index in [1.807, 2.05) is 31.5 Å². The van der Waals surface area contributed by atoms with Crippen molar-refractivity contribution in [2.45, 2.75) is 33.5 Å². The van der Waals surface area contributed by atoms with Gasteiger partial charge in [0.05, 0.1) is 5.56 Å². The summed E-state index contributed by atoms with van der Waals surface area (Å²) in [6.07, 6.45) is -0.746. The molecule has 6 heteroatoms. The first-order valence-electron chi connectivity index (χ1n) is 8.52. The molecule has 1 aromatic carbocycles. The second kappa shape index (κ2) is 7.02. The van der Waals surface area contributed by atoms with Crippen LogP contribution in [0.1, 0.15) is 32.9 Å². The number of Topliss-reactive ketones (excluding diaryl/α,β-unsaturated/α-hetero) is 1. The van der Waals surface area contributed by atoms with E-state index in [1.54, 1.807) is 35.1 Å². The first-order chi connectivity index (χ1) is 12.7. The van der Waals surface area contributed by atoms with Gasteiger partial charge in [-0.3, -0.25) is 4.79 Å². The normalized spacial score (nSPS) is 11.6. The fourth-order valence-corrected chi connectivity index (χ4v) is 3.15. The number of nitrogens with zero attached hydrogens (tertiary/aromatic N) is 2. The number of halogens is 3. The highest BCUT2D eigenvalue weighted by Gasteiger charge is 2.31. The number of ketones is 1. The molecule has 0 aliphatic carbocycles. The van der Waals surface area contributed by atoms with Crippen molar-refractivity contribution in [3.05, 3.63) is 82.9 Å². The summed E-state index contributed by atoms with van der Waals surface area (Å²) in [5.41, 5.74) is 2.63. The summed E-state index contributed by atoms with van der Waals surface area (Å²) in [7, 11) is 0. The fourth-order valence-electron chi connectivity index (χ4n) is 3.15. The van der Waals surface area contributed by atoms with Crippen molar-refractivity contribution in [3.8, 4) is 5.69 Å². The lowest BCUT2D eigenvalue weighted by Crippen LogP contribution is -2.37. The molecule has 0 aliphatic rings. The lowest BCUT2D eigenvalue weighted by atomic mass is 10.1. The van der Waals surface area contributed by atoms with E-state index in [0.29, 0.717) is 22.6 Å². The van der Waals surface area contributed by atoms with Gasteiger partial charge in [-0.05, 0) is 50.6 Å². The van der Waals surface area contributed by atoms with Crippen molar-refractivity contribution in [1.29, 1.82) is 0 Å². The maximum absolute atomic E-state index is 13.0. The lowest BCUT2D eigenvalue weighted by Gasteiger charge is -2.13. The molecule has 0 fully saturated rings. The molecule has 0 bridgehead atoms. The summed E-state index contributed by atoms with van der Waals surface area (Å²) in [4.78, 5) is 12.7. The maximum Gasteiger partial charge on any atom is 0.416 e. The van der Waals surface area contributed by atoms with Crippen LogP contribution in [-0.2, 0) is 12.7 Å². The van der Waals surface area contributed by atoms with Gasteiger partial charge in [0.25, 0.3) is 0 Å². The molecule has 2 aromatic heterocycles. The van der Waals surface area contributed by atoms with Gasteiger partial charge in [-0.1, -0.05) is 6.07 Å². The number of carbonyl (C=O) groups excluding carboxylic acids is 1. The van der Waals surface area contributed by atoms with Crippen LogP contribution in [0, 0.1) is 20.8 Å². The zero-order valence-electron chi connectivity index (χ0n) is 15.3. The predicted octanol–water partition coefficient (Wildman–Crippen LogP) is 4.59. The van der Waals surface area contributed by atoms with E-state index in [4.69, 9.17) is 0 Å². The Morgan fingerprint density at radius 3 is 2.33 bits per heavy atom. The summed E-state index contributed by atoms with van der Waals surface area (Å²) in [5, 5.41) is 0. The van der Waals surface area contributed by atoms with Crippen molar-refractivity contribution >= 4 is 5.78 Å². The molecule has 0 radical (unpaired) electrons. The van der Waals surface area contributed by atoms with E-state index in [2.05, 4.69) is 0 Å². The van der Waals surface area contributed by atoms with Crippen LogP contribution in [0.3, 0.4) is 0 Å². The Balaban J connectivity index is 1.95. The fraction of sp³-hybridized carbons (Fsp3) is 0.238. The molecule has 0 saturated heterocycles. The van der Waals surface area contributed by atoms with Crippen molar-refractivity contribution < 1.29 is 22.5 Å². The zero-order valence-corrected chi connectivity index (χ0v) is 15.3. The Morgan fingerprint density at radius 2 is 1.70 bits per heavy atom. The third kappa shape index (κ3) is 3.94. The van der Waals surface area contributed by atoms with Gasteiger partial charge in [-0.25, -0.2) is 0 Å². The van der Waals surface area contributed by atoms with Crippen LogP contribution in [0.2, 0.25) is 0 Å². The van der Waals surface area contributed by atoms with E-state index in [0.717, 1.165) is 17.7 Å². The number of alkyl halides is 3. The van der Waals surface area contributed by atoms with Crippen LogP contribution in [0.5, 0.6) is 0 Å². The minimum absolute atomic E-state index is 0.0878. The predicted molar refractivity (Wildman–Crippen MR) is 95.9 cm³/mol. The van der Waals surface area contributed by atoms with Gasteiger partial charge in [0.1, 0.15) is 0 Å². The molecule has 0 spiro atoms. The molecule has 0 unspecified atom stereocenters. The largest absolute Gasteiger partial charge is 0.416 e. The van der Waals surface area contributed by atoms with Gasteiger partial charge in [0.15, 0.2) is 12.4 Å². The van der Waals surface area contributed by atoms with Crippen molar-refractivity contribution in [2.75, 3.05) is 0 Å². The topological polar surface area (TPSA) is 25.9 Å². The first-order valence-corrected chi connectivity index (χ1v) is 8.52. The summed E-state index contributed by atoms with van der Waals surface area (Å²) in [6, 6.07) is 10.7. The Bertz CT molecular complexity index is 986. The molecule has 2 heterocycles. The molecule has 3 rings (SSSR count). The average Bonchev–Trinajstić information content (AvgIpc) is 2.91. The van der Waals surface area contributed by atoms with E-state index in [1.165, 1.54) is 6.07 Å². The first kappa shape index (κ1) is 18.9. The molecule has 27 heavy (non-hydrogen) atoms. The summed E-state index contributed by atoms with van der Waals surface area (Å²) >= 11 is 0. The number of aryl methyl sites for hydroxylation is 2. The van der Waals surface area contributed by atoms with Crippen LogP contribution in [0.15, 0.2) is 54.9 Å². The minimum Gasteiger partial charge on any atom is -0.318 e. The number of rotatable bonds is 4. The van der Waals surface area contributed by atoms with Gasteiger partial charge in [-0.15, -0.1) is 0 Å². The van der Waals surface area contributed by atoms with Crippen LogP contribution in [0.4, 0.5) is 13.2 Å². The quantitative estimate of drug-likeness (QED) is 0.485. The van der Waals surface area contributed by atoms with Crippen LogP contribution >= 0.6 is 0 Å². The summed E-state index contributed by atoms with van der Waals surface area (Å²) in [5.74, 6) is -0.0878. The van der Waals surface area contributed by atoms with Gasteiger partial charge in [0.2, 0.25) is 12.3 Å². The second-order valence-electron chi connectivity index (χ2n) is 6.64. The monoisotopic (exact) mass is 373 g/mol. The average molecular weight is 373 g/mol. The Kier molecular flexibility index (Phi) is 4.91. The van der Waals surface area contributed by atoms with E-state index in [9.17, 15) is 18.0 Å². The number of aromatic nitrogens is 2. The Labute approximate surface area is 155 Å². The molecule has 0 aliphatic heterocycles. The van der Waals surface area contributed by atoms with Gasteiger partial charge >= 0.3 is 6.18 Å². The lowest BCUT2D eigenvalue weighted by molar-refractivity contribution is -0.683. The molecular formula is C21H20F3N2O+. The molecule has 3 nitrogen and oxygen atoms in total. The number of hydrogen-bond donors (Lipinski definition) is 0. The maximum atomic E-state index is 13.0. The molecule has 0 amide bonds. The number of hydrogen-bond acceptors (Lipinski definition) is 1. The smallest absolute Gasteiger partial charge is 0.318 e. The van der Waals surface area contributed by atoms with E-state index >= 15 is 0 Å². The second-order valence-corrected chi connectivity index (χ2v) is 6.64. The number of pyridine rings is 1. The molecule has 0 saturated carbocycles. The third-order valence-electron chi connectivity index (χ3n) is 4.55.